The van der Waals surface area contributed by atoms with Crippen LogP contribution in [0.25, 0.3) is 5.70 Å². The molecule has 0 saturated carbocycles. The number of halogens is 3. The first kappa shape index (κ1) is 44.7. The molecular formula is C38H56Cl3N17. The van der Waals surface area contributed by atoms with E-state index in [0.717, 1.165) is 116 Å². The van der Waals surface area contributed by atoms with Crippen LogP contribution in [0.1, 0.15) is 110 Å². The molecule has 3 aromatic heterocycles. The number of nitrogens with two attached hydrogens (primary N) is 2. The number of nitrogens with zero attached hydrogens (tertiary/aromatic N) is 13. The predicted molar refractivity (Wildman–Crippen MR) is 236 cm³/mol. The van der Waals surface area contributed by atoms with Crippen molar-refractivity contribution in [3.05, 3.63) is 52.4 Å². The molecule has 0 aliphatic carbocycles. The molecule has 20 heteroatoms. The third-order valence-electron chi connectivity index (χ3n) is 9.79. The van der Waals surface area contributed by atoms with Crippen molar-refractivity contribution in [2.24, 2.45) is 26.7 Å². The molecule has 3 saturated heterocycles. The number of aliphatic imine (C=N–C) groups is 3. The van der Waals surface area contributed by atoms with Gasteiger partial charge in [-0.1, -0.05) is 64.8 Å². The van der Waals surface area contributed by atoms with Gasteiger partial charge in [0, 0.05) is 19.6 Å². The van der Waals surface area contributed by atoms with Gasteiger partial charge < -0.3 is 25.6 Å². The molecule has 6 aliphatic heterocycles. The van der Waals surface area contributed by atoms with Crippen LogP contribution in [0.5, 0.6) is 0 Å². The number of amidine groups is 3. The Bertz CT molecular complexity index is 1920. The number of rotatable bonds is 1. The van der Waals surface area contributed by atoms with Gasteiger partial charge in [0.1, 0.15) is 34.0 Å². The largest absolute Gasteiger partial charge is 0.345 e. The Balaban J connectivity index is 0.000000156. The summed E-state index contributed by atoms with van der Waals surface area (Å²) in [6.07, 6.45) is 15.5. The molecule has 9 rings (SSSR count). The molecule has 3 fully saturated rings. The van der Waals surface area contributed by atoms with Crippen molar-refractivity contribution in [1.29, 1.82) is 0 Å². The van der Waals surface area contributed by atoms with E-state index in [2.05, 4.69) is 110 Å². The SMILES string of the molecule is C=C(Cl)/N=C1\C(=C/C)n2c(C)nnc2C2CCCCN12.CCC.CCC.NNC1=Nc2cnc(Cl)nc2N2CCCC12.NNC1=Nc2cnc(Cl)nc2N2CCCC12. The van der Waals surface area contributed by atoms with Crippen molar-refractivity contribution in [3.8, 4) is 0 Å². The highest BCUT2D eigenvalue weighted by atomic mass is 35.5. The second kappa shape index (κ2) is 21.0. The number of nitrogens with one attached hydrogen (secondary N) is 2. The molecule has 17 nitrogen and oxygen atoms in total. The topological polar surface area (TPSA) is 205 Å². The molecule has 0 radical (unpaired) electrons. The predicted octanol–water partition coefficient (Wildman–Crippen LogP) is 7.14. The normalized spacial score (nSPS) is 21.9. The zero-order valence-electron chi connectivity index (χ0n) is 34.3. The van der Waals surface area contributed by atoms with E-state index in [0.29, 0.717) is 5.16 Å². The standard InChI is InChI=1S/C14H18ClN5.2C9H11ClN6.2C3H8/c1-4-11-13(16-9(2)15)19-8-6-5-7-12(19)14-18-17-10(3)20(11)14;2*10-9-12-4-5-8(14-9)16-3-1-2-6(16)7(13-5)15-11;2*1-3-2/h4,12H,2,5-8H2,1,3H3;2*4,6H,1-3,11H2,(H,13,15);2*3H2,1-2H3/b11-4+,16-13+;;;;. The van der Waals surface area contributed by atoms with E-state index in [1.165, 1.54) is 19.3 Å². The fourth-order valence-electron chi connectivity index (χ4n) is 7.63. The molecule has 6 aliphatic rings. The number of allylic oxidation sites excluding steroid dienone is 1. The molecule has 9 heterocycles. The quantitative estimate of drug-likeness (QED) is 0.0833. The average molecular weight is 857 g/mol. The first-order valence-corrected chi connectivity index (χ1v) is 21.2. The molecule has 3 atom stereocenters. The summed E-state index contributed by atoms with van der Waals surface area (Å²) in [4.78, 5) is 36.2. The van der Waals surface area contributed by atoms with Crippen LogP contribution in [-0.2, 0) is 0 Å². The number of aryl methyl sites for hydroxylation is 1. The molecule has 58 heavy (non-hydrogen) atoms. The van der Waals surface area contributed by atoms with Gasteiger partial charge >= 0.3 is 0 Å². The van der Waals surface area contributed by atoms with E-state index in [1.807, 2.05) is 19.9 Å². The zero-order chi connectivity index (χ0) is 41.9. The Hall–Kier alpha value is -4.42. The molecule has 3 aromatic rings. The van der Waals surface area contributed by atoms with Gasteiger partial charge in [-0.25, -0.2) is 36.6 Å². The Morgan fingerprint density at radius 2 is 1.28 bits per heavy atom. The Labute approximate surface area is 356 Å². The van der Waals surface area contributed by atoms with Crippen LogP contribution in [0.3, 0.4) is 0 Å². The molecule has 0 spiro atoms. The number of fused-ring (bicyclic) bond motifs is 9. The molecule has 0 amide bonds. The molecular weight excluding hydrogens is 801 g/mol. The van der Waals surface area contributed by atoms with E-state index >= 15 is 0 Å². The van der Waals surface area contributed by atoms with E-state index in [-0.39, 0.29) is 28.7 Å². The van der Waals surface area contributed by atoms with Crippen molar-refractivity contribution in [3.63, 3.8) is 0 Å². The maximum absolute atomic E-state index is 5.93. The van der Waals surface area contributed by atoms with Gasteiger partial charge in [-0.05, 0) is 82.0 Å². The van der Waals surface area contributed by atoms with E-state index < -0.39 is 0 Å². The molecule has 0 aromatic carbocycles. The maximum Gasteiger partial charge on any atom is 0.224 e. The number of anilines is 2. The van der Waals surface area contributed by atoms with Crippen molar-refractivity contribution in [2.45, 2.75) is 117 Å². The van der Waals surface area contributed by atoms with Crippen LogP contribution in [0.2, 0.25) is 10.6 Å². The second-order valence-corrected chi connectivity index (χ2v) is 15.3. The Morgan fingerprint density at radius 1 is 0.793 bits per heavy atom. The lowest BCUT2D eigenvalue weighted by molar-refractivity contribution is 0.227. The Kier molecular flexibility index (Phi) is 16.2. The summed E-state index contributed by atoms with van der Waals surface area (Å²) < 4.78 is 2.09. The summed E-state index contributed by atoms with van der Waals surface area (Å²) in [6, 6.07) is 0.635. The minimum Gasteiger partial charge on any atom is -0.345 e. The van der Waals surface area contributed by atoms with E-state index in [1.54, 1.807) is 12.4 Å². The van der Waals surface area contributed by atoms with Crippen molar-refractivity contribution < 1.29 is 0 Å². The van der Waals surface area contributed by atoms with Gasteiger partial charge in [0.05, 0.1) is 36.2 Å². The molecule has 0 bridgehead atoms. The van der Waals surface area contributed by atoms with Crippen LogP contribution >= 0.6 is 34.8 Å². The van der Waals surface area contributed by atoms with Crippen LogP contribution < -0.4 is 32.3 Å². The second-order valence-electron chi connectivity index (χ2n) is 14.2. The summed E-state index contributed by atoms with van der Waals surface area (Å²) in [5, 5.41) is 9.42. The number of piperidine rings is 1. The summed E-state index contributed by atoms with van der Waals surface area (Å²) in [6.45, 7) is 19.0. The summed E-state index contributed by atoms with van der Waals surface area (Å²) >= 11 is 17.5. The van der Waals surface area contributed by atoms with E-state index in [9.17, 15) is 0 Å². The summed E-state index contributed by atoms with van der Waals surface area (Å²) in [7, 11) is 0. The highest BCUT2D eigenvalue weighted by Gasteiger charge is 2.39. The van der Waals surface area contributed by atoms with Crippen molar-refractivity contribution in [2.75, 3.05) is 29.4 Å². The van der Waals surface area contributed by atoms with Crippen LogP contribution in [0, 0.1) is 6.92 Å². The molecule has 314 valence electrons. The average Bonchev–Trinajstić information content (AvgIpc) is 4.00. The summed E-state index contributed by atoms with van der Waals surface area (Å²) in [5.74, 6) is 16.9. The lowest BCUT2D eigenvalue weighted by atomic mass is 9.98. The first-order chi connectivity index (χ1) is 28.0. The van der Waals surface area contributed by atoms with E-state index in [4.69, 9.17) is 46.5 Å². The number of hydrogen-bond donors (Lipinski definition) is 4. The third-order valence-corrected chi connectivity index (χ3v) is 10.2. The lowest BCUT2D eigenvalue weighted by Gasteiger charge is -2.42. The number of hydrazine groups is 2. The first-order valence-electron chi connectivity index (χ1n) is 20.0. The van der Waals surface area contributed by atoms with Gasteiger partial charge in [-0.2, -0.15) is 9.97 Å². The Morgan fingerprint density at radius 3 is 1.74 bits per heavy atom. The van der Waals surface area contributed by atoms with Gasteiger partial charge in [0.2, 0.25) is 10.6 Å². The highest BCUT2D eigenvalue weighted by Crippen LogP contribution is 2.39. The minimum absolute atomic E-state index is 0.198. The van der Waals surface area contributed by atoms with Crippen LogP contribution in [-0.4, -0.2) is 88.8 Å². The highest BCUT2D eigenvalue weighted by molar-refractivity contribution is 6.31. The summed E-state index contributed by atoms with van der Waals surface area (Å²) in [5.41, 5.74) is 7.73. The van der Waals surface area contributed by atoms with Crippen LogP contribution in [0.4, 0.5) is 23.0 Å². The monoisotopic (exact) mass is 855 g/mol. The van der Waals surface area contributed by atoms with Gasteiger partial charge in [-0.15, -0.1) is 10.2 Å². The number of aromatic nitrogens is 7. The fraction of sp³-hybridized carbons (Fsp3) is 0.553. The lowest BCUT2D eigenvalue weighted by Crippen LogP contribution is -2.48. The van der Waals surface area contributed by atoms with Gasteiger partial charge in [-0.3, -0.25) is 4.57 Å². The molecule has 6 N–H and O–H groups in total. The van der Waals surface area contributed by atoms with Crippen molar-refractivity contribution in [1.82, 2.24) is 50.5 Å². The number of hydrogen-bond acceptors (Lipinski definition) is 15. The van der Waals surface area contributed by atoms with Gasteiger partial charge in [0.25, 0.3) is 0 Å². The van der Waals surface area contributed by atoms with Gasteiger partial charge in [0.15, 0.2) is 23.3 Å². The third kappa shape index (κ3) is 9.88. The maximum atomic E-state index is 5.93. The minimum atomic E-state index is 0.198. The molecule has 3 unspecified atom stereocenters. The van der Waals surface area contributed by atoms with Crippen molar-refractivity contribution >= 4 is 81.0 Å². The fourth-order valence-corrected chi connectivity index (χ4v) is 7.97. The van der Waals surface area contributed by atoms with Crippen LogP contribution in [0.15, 0.2) is 45.2 Å². The smallest absolute Gasteiger partial charge is 0.224 e. The zero-order valence-corrected chi connectivity index (χ0v) is 36.5.